The lowest BCUT2D eigenvalue weighted by molar-refractivity contribution is 0.940. The molecule has 3 nitrogen and oxygen atoms in total. The van der Waals surface area contributed by atoms with Crippen LogP contribution in [-0.4, -0.2) is 4.57 Å². The maximum Gasteiger partial charge on any atom is 0.0991 e. The Kier molecular flexibility index (Phi) is 6.53. The van der Waals surface area contributed by atoms with Gasteiger partial charge < -0.3 is 4.57 Å². The molecule has 0 aliphatic heterocycles. The highest BCUT2D eigenvalue weighted by Gasteiger charge is 2.14. The van der Waals surface area contributed by atoms with Crippen LogP contribution in [0.4, 0.5) is 0 Å². The van der Waals surface area contributed by atoms with Gasteiger partial charge in [0.2, 0.25) is 0 Å². The molecule has 0 unspecified atom stereocenters. The maximum absolute atomic E-state index is 9.43. The molecule has 0 N–H and O–H groups in total. The molecular formula is C30H25N3. The van der Waals surface area contributed by atoms with Crippen LogP contribution in [0.2, 0.25) is 0 Å². The molecule has 0 radical (unpaired) electrons. The van der Waals surface area contributed by atoms with E-state index in [0.717, 1.165) is 46.8 Å². The summed E-state index contributed by atoms with van der Waals surface area (Å²) in [5.74, 6) is 0. The fourth-order valence-corrected chi connectivity index (χ4v) is 4.17. The summed E-state index contributed by atoms with van der Waals surface area (Å²) in [5, 5.41) is 20.8. The number of hydrogen-bond donors (Lipinski definition) is 0. The lowest BCUT2D eigenvalue weighted by atomic mass is 10.0. The fourth-order valence-electron chi connectivity index (χ4n) is 4.17. The Hall–Kier alpha value is -4.34. The Bertz CT molecular complexity index is 1400. The van der Waals surface area contributed by atoms with Crippen molar-refractivity contribution < 1.29 is 0 Å². The van der Waals surface area contributed by atoms with E-state index in [4.69, 9.17) is 0 Å². The topological polar surface area (TPSA) is 52.5 Å². The van der Waals surface area contributed by atoms with Gasteiger partial charge in [-0.2, -0.15) is 10.5 Å². The molecule has 1 heterocycles. The molecule has 4 rings (SSSR count). The van der Waals surface area contributed by atoms with Crippen LogP contribution in [0.3, 0.4) is 0 Å². The van der Waals surface area contributed by atoms with Crippen molar-refractivity contribution in [1.82, 2.24) is 4.57 Å². The van der Waals surface area contributed by atoms with Crippen molar-refractivity contribution in [1.29, 1.82) is 10.5 Å². The van der Waals surface area contributed by atoms with Crippen LogP contribution < -0.4 is 0 Å². The first-order valence-electron chi connectivity index (χ1n) is 11.1. The third-order valence-corrected chi connectivity index (χ3v) is 5.82. The Morgan fingerprint density at radius 2 is 1.52 bits per heavy atom. The zero-order valence-corrected chi connectivity index (χ0v) is 18.8. The van der Waals surface area contributed by atoms with Crippen LogP contribution in [0, 0.1) is 22.7 Å². The van der Waals surface area contributed by atoms with E-state index < -0.39 is 0 Å². The van der Waals surface area contributed by atoms with Crippen LogP contribution in [0.25, 0.3) is 27.5 Å². The number of rotatable bonds is 7. The average Bonchev–Trinajstić information content (AvgIpc) is 3.18. The number of fused-ring (bicyclic) bond motifs is 3. The summed E-state index contributed by atoms with van der Waals surface area (Å²) >= 11 is 0. The van der Waals surface area contributed by atoms with Gasteiger partial charge in [-0.25, -0.2) is 0 Å². The molecule has 0 aliphatic rings. The third-order valence-electron chi connectivity index (χ3n) is 5.82. The molecule has 0 saturated carbocycles. The summed E-state index contributed by atoms with van der Waals surface area (Å²) in [6.45, 7) is 6.06. The second kappa shape index (κ2) is 9.86. The Morgan fingerprint density at radius 3 is 2.06 bits per heavy atom. The number of nitrogens with zero attached hydrogens (tertiary/aromatic N) is 3. The van der Waals surface area contributed by atoms with Gasteiger partial charge in [-0.05, 0) is 74.2 Å². The Labute approximate surface area is 194 Å². The summed E-state index contributed by atoms with van der Waals surface area (Å²) in [4.78, 5) is 0. The number of benzene rings is 3. The van der Waals surface area contributed by atoms with Gasteiger partial charge in [0.15, 0.2) is 0 Å². The first-order chi connectivity index (χ1) is 16.1. The molecule has 0 saturated heterocycles. The number of hydrogen-bond acceptors (Lipinski definition) is 2. The highest BCUT2D eigenvalue weighted by molar-refractivity contribution is 6.11. The average molecular weight is 428 g/mol. The van der Waals surface area contributed by atoms with Gasteiger partial charge in [0, 0.05) is 16.5 Å². The quantitative estimate of drug-likeness (QED) is 0.226. The molecule has 160 valence electrons. The van der Waals surface area contributed by atoms with Crippen molar-refractivity contribution in [3.8, 4) is 12.1 Å². The molecule has 33 heavy (non-hydrogen) atoms. The highest BCUT2D eigenvalue weighted by Crippen LogP contribution is 2.34. The monoisotopic (exact) mass is 427 g/mol. The van der Waals surface area contributed by atoms with Gasteiger partial charge in [-0.1, -0.05) is 48.1 Å². The Morgan fingerprint density at radius 1 is 0.909 bits per heavy atom. The standard InChI is InChI=1S/C30H25N3/c1-3-4-10-26(17-22(2)11-12-23-8-6-5-7-9-23)33-29-15-13-24(20-31)18-27(29)28-19-25(21-32)14-16-30(28)33/h3,5-10,13-19H,1,4,11-12H2,2H3/b22-17+,26-10+. The van der Waals surface area contributed by atoms with Gasteiger partial charge in [0.1, 0.15) is 0 Å². The van der Waals surface area contributed by atoms with Gasteiger partial charge in [0.25, 0.3) is 0 Å². The predicted molar refractivity (Wildman–Crippen MR) is 136 cm³/mol. The second-order valence-electron chi connectivity index (χ2n) is 8.15. The van der Waals surface area contributed by atoms with Crippen molar-refractivity contribution in [3.05, 3.63) is 114 Å². The van der Waals surface area contributed by atoms with Crippen molar-refractivity contribution >= 4 is 27.5 Å². The summed E-state index contributed by atoms with van der Waals surface area (Å²) < 4.78 is 2.22. The molecule has 0 fully saturated rings. The van der Waals surface area contributed by atoms with Crippen molar-refractivity contribution in [2.24, 2.45) is 0 Å². The van der Waals surface area contributed by atoms with E-state index in [2.05, 4.69) is 66.6 Å². The summed E-state index contributed by atoms with van der Waals surface area (Å²) in [5.41, 5.74) is 6.92. The van der Waals surface area contributed by atoms with E-state index in [1.807, 2.05) is 48.5 Å². The second-order valence-corrected chi connectivity index (χ2v) is 8.15. The molecule has 0 amide bonds. The summed E-state index contributed by atoms with van der Waals surface area (Å²) in [7, 11) is 0. The van der Waals surface area contributed by atoms with Gasteiger partial charge in [0.05, 0.1) is 34.3 Å². The molecule has 3 heteroatoms. The molecule has 4 aromatic rings. The predicted octanol–water partition coefficient (Wildman–Crippen LogP) is 7.53. The number of allylic oxidation sites excluding steroid dienone is 5. The molecule has 0 spiro atoms. The largest absolute Gasteiger partial charge is 0.310 e. The first-order valence-corrected chi connectivity index (χ1v) is 11.1. The summed E-state index contributed by atoms with van der Waals surface area (Å²) in [6.07, 6.45) is 9.00. The van der Waals surface area contributed by atoms with E-state index >= 15 is 0 Å². The SMILES string of the molecule is C=CC/C=C(\C=C(/C)CCc1ccccc1)n1c2ccc(C#N)cc2c2cc(C#N)ccc21. The van der Waals surface area contributed by atoms with Crippen molar-refractivity contribution in [3.63, 3.8) is 0 Å². The molecule has 0 atom stereocenters. The van der Waals surface area contributed by atoms with Crippen LogP contribution in [0.5, 0.6) is 0 Å². The van der Waals surface area contributed by atoms with Crippen LogP contribution >= 0.6 is 0 Å². The van der Waals surface area contributed by atoms with Crippen molar-refractivity contribution in [2.45, 2.75) is 26.2 Å². The first kappa shape index (κ1) is 21.9. The fraction of sp³-hybridized carbons (Fsp3) is 0.133. The van der Waals surface area contributed by atoms with E-state index in [0.29, 0.717) is 11.1 Å². The van der Waals surface area contributed by atoms with Crippen LogP contribution in [0.15, 0.2) is 97.1 Å². The number of aryl methyl sites for hydroxylation is 1. The molecule has 1 aromatic heterocycles. The van der Waals surface area contributed by atoms with Crippen molar-refractivity contribution in [2.75, 3.05) is 0 Å². The minimum absolute atomic E-state index is 0.607. The lowest BCUT2D eigenvalue weighted by Crippen LogP contribution is -1.97. The normalized spacial score (nSPS) is 12.0. The van der Waals surface area contributed by atoms with E-state index in [1.54, 1.807) is 0 Å². The number of aromatic nitrogens is 1. The van der Waals surface area contributed by atoms with Gasteiger partial charge in [-0.15, -0.1) is 6.58 Å². The zero-order valence-electron chi connectivity index (χ0n) is 18.8. The lowest BCUT2D eigenvalue weighted by Gasteiger charge is -2.11. The van der Waals surface area contributed by atoms with Crippen LogP contribution in [0.1, 0.15) is 36.5 Å². The van der Waals surface area contributed by atoms with Gasteiger partial charge in [-0.3, -0.25) is 0 Å². The van der Waals surface area contributed by atoms with E-state index in [9.17, 15) is 10.5 Å². The minimum Gasteiger partial charge on any atom is -0.310 e. The smallest absolute Gasteiger partial charge is 0.0991 e. The van der Waals surface area contributed by atoms with E-state index in [1.165, 1.54) is 11.1 Å². The highest BCUT2D eigenvalue weighted by atomic mass is 15.0. The van der Waals surface area contributed by atoms with Gasteiger partial charge >= 0.3 is 0 Å². The third kappa shape index (κ3) is 4.64. The zero-order chi connectivity index (χ0) is 23.2. The van der Waals surface area contributed by atoms with E-state index in [-0.39, 0.29) is 0 Å². The Balaban J connectivity index is 1.85. The molecular weight excluding hydrogens is 402 g/mol. The number of nitriles is 2. The molecule has 3 aromatic carbocycles. The minimum atomic E-state index is 0.607. The summed E-state index contributed by atoms with van der Waals surface area (Å²) in [6, 6.07) is 26.5. The van der Waals surface area contributed by atoms with Crippen LogP contribution in [-0.2, 0) is 6.42 Å². The molecule has 0 aliphatic carbocycles. The molecule has 0 bridgehead atoms. The maximum atomic E-state index is 9.43.